The third kappa shape index (κ3) is 2.96. The van der Waals surface area contributed by atoms with Crippen molar-refractivity contribution < 1.29 is 0 Å². The number of hydrogen-bond acceptors (Lipinski definition) is 5. The van der Waals surface area contributed by atoms with Crippen LogP contribution in [0.3, 0.4) is 0 Å². The van der Waals surface area contributed by atoms with Crippen LogP contribution in [-0.4, -0.2) is 9.36 Å². The Hall–Kier alpha value is -1.07. The maximum absolute atomic E-state index is 5.72. The molecule has 2 rings (SSSR count). The lowest BCUT2D eigenvalue weighted by molar-refractivity contribution is 0.971. The van der Waals surface area contributed by atoms with Crippen LogP contribution in [0.15, 0.2) is 28.6 Å². The molecule has 16 heavy (non-hydrogen) atoms. The van der Waals surface area contributed by atoms with Gasteiger partial charge in [-0.2, -0.15) is 4.37 Å². The second kappa shape index (κ2) is 5.32. The topological polar surface area (TPSA) is 51.8 Å². The molecule has 1 heterocycles. The summed E-state index contributed by atoms with van der Waals surface area (Å²) in [5, 5.41) is 0. The maximum atomic E-state index is 5.72. The Labute approximate surface area is 103 Å². The van der Waals surface area contributed by atoms with E-state index < -0.39 is 0 Å². The molecule has 2 aromatic rings. The Morgan fingerprint density at radius 3 is 3.00 bits per heavy atom. The molecule has 0 atom stereocenters. The van der Waals surface area contributed by atoms with E-state index in [1.54, 1.807) is 11.8 Å². The number of anilines is 1. The SMILES string of the molecule is CCc1nsc(SCc2cccc(N)c2)n1. The zero-order chi connectivity index (χ0) is 11.4. The van der Waals surface area contributed by atoms with Gasteiger partial charge in [0, 0.05) is 17.9 Å². The average molecular weight is 251 g/mol. The smallest absolute Gasteiger partial charge is 0.170 e. The Kier molecular flexibility index (Phi) is 3.79. The molecule has 0 aliphatic carbocycles. The van der Waals surface area contributed by atoms with E-state index in [-0.39, 0.29) is 0 Å². The molecule has 1 aromatic carbocycles. The first-order chi connectivity index (χ1) is 7.78. The molecule has 0 aliphatic heterocycles. The molecule has 0 amide bonds. The summed E-state index contributed by atoms with van der Waals surface area (Å²) in [6.45, 7) is 2.06. The molecule has 0 unspecified atom stereocenters. The first-order valence-corrected chi connectivity index (χ1v) is 6.83. The highest BCUT2D eigenvalue weighted by Gasteiger charge is 2.03. The second-order valence-corrected chi connectivity index (χ2v) is 5.34. The van der Waals surface area contributed by atoms with Crippen molar-refractivity contribution in [2.45, 2.75) is 23.4 Å². The summed E-state index contributed by atoms with van der Waals surface area (Å²) in [6.07, 6.45) is 0.898. The fourth-order valence-corrected chi connectivity index (χ4v) is 2.91. The summed E-state index contributed by atoms with van der Waals surface area (Å²) in [5.41, 5.74) is 7.75. The van der Waals surface area contributed by atoms with Crippen LogP contribution in [0.4, 0.5) is 5.69 Å². The van der Waals surface area contributed by atoms with E-state index in [1.807, 2.05) is 18.2 Å². The van der Waals surface area contributed by atoms with Crippen LogP contribution in [-0.2, 0) is 12.2 Å². The van der Waals surface area contributed by atoms with Gasteiger partial charge < -0.3 is 5.73 Å². The standard InChI is InChI=1S/C11H13N3S2/c1-2-10-13-11(16-14-10)15-7-8-4-3-5-9(12)6-8/h3-6H,2,7,12H2,1H3. The van der Waals surface area contributed by atoms with E-state index in [4.69, 9.17) is 5.73 Å². The number of benzene rings is 1. The molecular weight excluding hydrogens is 238 g/mol. The number of nitrogens with zero attached hydrogens (tertiary/aromatic N) is 2. The second-order valence-electron chi connectivity index (χ2n) is 3.36. The van der Waals surface area contributed by atoms with E-state index in [2.05, 4.69) is 22.3 Å². The number of nitrogens with two attached hydrogens (primary N) is 1. The van der Waals surface area contributed by atoms with E-state index in [1.165, 1.54) is 17.1 Å². The van der Waals surface area contributed by atoms with Crippen LogP contribution in [0.2, 0.25) is 0 Å². The molecule has 2 N–H and O–H groups in total. The minimum Gasteiger partial charge on any atom is -0.399 e. The predicted octanol–water partition coefficient (Wildman–Crippen LogP) is 2.98. The van der Waals surface area contributed by atoms with Crippen LogP contribution in [0, 0.1) is 0 Å². The predicted molar refractivity (Wildman–Crippen MR) is 69.7 cm³/mol. The zero-order valence-corrected chi connectivity index (χ0v) is 10.6. The Bertz CT molecular complexity index is 468. The molecule has 0 saturated carbocycles. The minimum absolute atomic E-state index is 0.810. The Morgan fingerprint density at radius 1 is 1.44 bits per heavy atom. The molecule has 0 bridgehead atoms. The van der Waals surface area contributed by atoms with Crippen LogP contribution in [0.25, 0.3) is 0 Å². The molecule has 1 aromatic heterocycles. The van der Waals surface area contributed by atoms with Gasteiger partial charge in [-0.05, 0) is 29.2 Å². The van der Waals surface area contributed by atoms with Gasteiger partial charge in [0.15, 0.2) is 4.34 Å². The van der Waals surface area contributed by atoms with Gasteiger partial charge in [-0.15, -0.1) is 0 Å². The third-order valence-corrected chi connectivity index (χ3v) is 4.02. The minimum atomic E-state index is 0.810. The molecule has 0 aliphatic rings. The third-order valence-electron chi connectivity index (χ3n) is 2.08. The summed E-state index contributed by atoms with van der Waals surface area (Å²) in [4.78, 5) is 4.41. The highest BCUT2D eigenvalue weighted by molar-refractivity contribution is 8.00. The lowest BCUT2D eigenvalue weighted by Gasteiger charge is -1.99. The van der Waals surface area contributed by atoms with Gasteiger partial charge in [0.2, 0.25) is 0 Å². The van der Waals surface area contributed by atoms with Crippen molar-refractivity contribution in [3.05, 3.63) is 35.7 Å². The van der Waals surface area contributed by atoms with Crippen LogP contribution >= 0.6 is 23.3 Å². The molecule has 0 saturated heterocycles. The van der Waals surface area contributed by atoms with E-state index in [0.29, 0.717) is 0 Å². The van der Waals surface area contributed by atoms with Crippen molar-refractivity contribution in [2.24, 2.45) is 0 Å². The van der Waals surface area contributed by atoms with Gasteiger partial charge in [-0.25, -0.2) is 4.98 Å². The van der Waals surface area contributed by atoms with Crippen molar-refractivity contribution >= 4 is 29.0 Å². The molecule has 5 heteroatoms. The first-order valence-electron chi connectivity index (χ1n) is 5.07. The highest BCUT2D eigenvalue weighted by atomic mass is 32.2. The lowest BCUT2D eigenvalue weighted by Crippen LogP contribution is -1.87. The number of hydrogen-bond donors (Lipinski definition) is 1. The Morgan fingerprint density at radius 2 is 2.31 bits per heavy atom. The number of thioether (sulfide) groups is 1. The van der Waals surface area contributed by atoms with Crippen molar-refractivity contribution in [3.63, 3.8) is 0 Å². The summed E-state index contributed by atoms with van der Waals surface area (Å²) < 4.78 is 5.28. The molecule has 3 nitrogen and oxygen atoms in total. The van der Waals surface area contributed by atoms with Gasteiger partial charge in [-0.1, -0.05) is 30.8 Å². The average Bonchev–Trinajstić information content (AvgIpc) is 2.74. The van der Waals surface area contributed by atoms with Crippen LogP contribution in [0.5, 0.6) is 0 Å². The van der Waals surface area contributed by atoms with Gasteiger partial charge in [0.1, 0.15) is 5.82 Å². The first kappa shape index (κ1) is 11.4. The molecule has 0 radical (unpaired) electrons. The fraction of sp³-hybridized carbons (Fsp3) is 0.273. The summed E-state index contributed by atoms with van der Waals surface area (Å²) >= 11 is 3.18. The molecule has 0 fully saturated rings. The summed E-state index contributed by atoms with van der Waals surface area (Å²) in [5.74, 6) is 1.82. The van der Waals surface area contributed by atoms with Gasteiger partial charge in [0.05, 0.1) is 0 Å². The van der Waals surface area contributed by atoms with Gasteiger partial charge in [-0.3, -0.25) is 0 Å². The van der Waals surface area contributed by atoms with Crippen molar-refractivity contribution in [1.82, 2.24) is 9.36 Å². The van der Waals surface area contributed by atoms with Gasteiger partial charge >= 0.3 is 0 Å². The maximum Gasteiger partial charge on any atom is 0.170 e. The lowest BCUT2D eigenvalue weighted by atomic mass is 10.2. The summed E-state index contributed by atoms with van der Waals surface area (Å²) in [6, 6.07) is 7.94. The quantitative estimate of drug-likeness (QED) is 0.670. The molecular formula is C11H13N3S2. The zero-order valence-electron chi connectivity index (χ0n) is 9.01. The van der Waals surface area contributed by atoms with Gasteiger partial charge in [0.25, 0.3) is 0 Å². The number of rotatable bonds is 4. The summed E-state index contributed by atoms with van der Waals surface area (Å²) in [7, 11) is 0. The van der Waals surface area contributed by atoms with E-state index >= 15 is 0 Å². The largest absolute Gasteiger partial charge is 0.399 e. The number of aromatic nitrogens is 2. The number of nitrogen functional groups attached to an aromatic ring is 1. The Balaban J connectivity index is 1.96. The van der Waals surface area contributed by atoms with E-state index in [0.717, 1.165) is 28.0 Å². The molecule has 84 valence electrons. The normalized spacial score (nSPS) is 10.6. The van der Waals surface area contributed by atoms with Crippen LogP contribution in [0.1, 0.15) is 18.3 Å². The van der Waals surface area contributed by atoms with Crippen molar-refractivity contribution in [1.29, 1.82) is 0 Å². The number of aryl methyl sites for hydroxylation is 1. The molecule has 0 spiro atoms. The monoisotopic (exact) mass is 251 g/mol. The highest BCUT2D eigenvalue weighted by Crippen LogP contribution is 2.25. The van der Waals surface area contributed by atoms with Crippen molar-refractivity contribution in [3.8, 4) is 0 Å². The van der Waals surface area contributed by atoms with Crippen LogP contribution < -0.4 is 5.73 Å². The fourth-order valence-electron chi connectivity index (χ4n) is 1.27. The van der Waals surface area contributed by atoms with E-state index in [9.17, 15) is 0 Å². The van der Waals surface area contributed by atoms with Crippen molar-refractivity contribution in [2.75, 3.05) is 5.73 Å².